The molecular weight excluding hydrogens is 222 g/mol. The van der Waals surface area contributed by atoms with Gasteiger partial charge < -0.3 is 5.11 Å². The van der Waals surface area contributed by atoms with Crippen molar-refractivity contribution in [3.05, 3.63) is 0 Å². The topological polar surface area (TPSA) is 44.0 Å². The lowest BCUT2D eigenvalue weighted by Gasteiger charge is -2.33. The Morgan fingerprint density at radius 3 is 2.22 bits per heavy atom. The number of nitriles is 1. The van der Waals surface area contributed by atoms with Crippen LogP contribution in [0.4, 0.5) is 0 Å². The summed E-state index contributed by atoms with van der Waals surface area (Å²) in [6, 6.07) is 2.48. The first kappa shape index (κ1) is 15.5. The van der Waals surface area contributed by atoms with Crippen molar-refractivity contribution in [2.24, 2.45) is 5.41 Å². The monoisotopic (exact) mass is 251 g/mol. The van der Waals surface area contributed by atoms with Gasteiger partial charge in [0.2, 0.25) is 0 Å². The fourth-order valence-corrected chi connectivity index (χ4v) is 3.10. The van der Waals surface area contributed by atoms with Crippen molar-refractivity contribution in [1.29, 1.82) is 5.26 Å². The van der Waals surface area contributed by atoms with Gasteiger partial charge in [0.05, 0.1) is 17.6 Å². The van der Waals surface area contributed by atoms with Crippen LogP contribution in [0.15, 0.2) is 0 Å². The highest BCUT2D eigenvalue weighted by Crippen LogP contribution is 2.38. The molecule has 1 saturated carbocycles. The molecule has 0 saturated heterocycles. The zero-order valence-electron chi connectivity index (χ0n) is 12.0. The molecular formula is C16H29NO. The minimum Gasteiger partial charge on any atom is -0.391 e. The van der Waals surface area contributed by atoms with E-state index in [0.29, 0.717) is 0 Å². The second kappa shape index (κ2) is 8.53. The zero-order valence-corrected chi connectivity index (χ0v) is 12.0. The van der Waals surface area contributed by atoms with E-state index < -0.39 is 11.5 Å². The van der Waals surface area contributed by atoms with Gasteiger partial charge in [0, 0.05) is 0 Å². The summed E-state index contributed by atoms with van der Waals surface area (Å²) in [5.41, 5.74) is -0.438. The molecule has 1 atom stereocenters. The summed E-state index contributed by atoms with van der Waals surface area (Å²) < 4.78 is 0. The van der Waals surface area contributed by atoms with E-state index in [2.05, 4.69) is 13.0 Å². The highest BCUT2D eigenvalue weighted by Gasteiger charge is 2.37. The lowest BCUT2D eigenvalue weighted by atomic mass is 9.72. The maximum absolute atomic E-state index is 10.4. The van der Waals surface area contributed by atoms with E-state index in [4.69, 9.17) is 0 Å². The summed E-state index contributed by atoms with van der Waals surface area (Å²) in [6.07, 6.45) is 12.9. The Hall–Kier alpha value is -0.550. The molecule has 0 spiro atoms. The van der Waals surface area contributed by atoms with Gasteiger partial charge >= 0.3 is 0 Å². The van der Waals surface area contributed by atoms with Crippen molar-refractivity contribution in [3.8, 4) is 6.07 Å². The van der Waals surface area contributed by atoms with Crippen LogP contribution < -0.4 is 0 Å². The van der Waals surface area contributed by atoms with Gasteiger partial charge in [0.25, 0.3) is 0 Å². The van der Waals surface area contributed by atoms with Crippen LogP contribution in [-0.2, 0) is 0 Å². The highest BCUT2D eigenvalue weighted by molar-refractivity contribution is 5.03. The molecule has 0 heterocycles. The molecule has 1 aliphatic rings. The zero-order chi connectivity index (χ0) is 13.3. The number of unbranched alkanes of at least 4 members (excludes halogenated alkanes) is 3. The summed E-state index contributed by atoms with van der Waals surface area (Å²) >= 11 is 0. The Kier molecular flexibility index (Phi) is 7.35. The van der Waals surface area contributed by atoms with E-state index in [1.165, 1.54) is 38.5 Å². The smallest absolute Gasteiger partial charge is 0.0832 e. The predicted octanol–water partition coefficient (Wildman–Crippen LogP) is 4.57. The quantitative estimate of drug-likeness (QED) is 0.703. The molecule has 0 aromatic heterocycles. The lowest BCUT2D eigenvalue weighted by Crippen LogP contribution is -2.34. The molecule has 1 rings (SSSR count). The second-order valence-corrected chi connectivity index (χ2v) is 5.90. The van der Waals surface area contributed by atoms with Crippen molar-refractivity contribution in [1.82, 2.24) is 0 Å². The summed E-state index contributed by atoms with van der Waals surface area (Å²) in [5, 5.41) is 19.9. The first-order valence-corrected chi connectivity index (χ1v) is 7.84. The third-order valence-corrected chi connectivity index (χ3v) is 4.44. The lowest BCUT2D eigenvalue weighted by molar-refractivity contribution is 0.0359. The summed E-state index contributed by atoms with van der Waals surface area (Å²) in [5.74, 6) is 0. The van der Waals surface area contributed by atoms with Crippen LogP contribution in [0.25, 0.3) is 0 Å². The Morgan fingerprint density at radius 1 is 1.06 bits per heavy atom. The first-order valence-electron chi connectivity index (χ1n) is 7.84. The van der Waals surface area contributed by atoms with Crippen LogP contribution in [0.2, 0.25) is 0 Å². The van der Waals surface area contributed by atoms with Gasteiger partial charge in [-0.25, -0.2) is 0 Å². The molecule has 1 N–H and O–H groups in total. The molecule has 104 valence electrons. The van der Waals surface area contributed by atoms with Crippen LogP contribution in [0, 0.1) is 16.7 Å². The van der Waals surface area contributed by atoms with Crippen molar-refractivity contribution in [2.75, 3.05) is 0 Å². The molecule has 0 amide bonds. The van der Waals surface area contributed by atoms with E-state index >= 15 is 0 Å². The third kappa shape index (κ3) is 4.61. The standard InChI is InChI=1S/C16H29NO/c1-2-3-4-8-11-15(18)16(14-17)12-9-6-5-7-10-13-16/h15,18H,2-13H2,1H3. The van der Waals surface area contributed by atoms with Gasteiger partial charge in [0.15, 0.2) is 0 Å². The molecule has 0 bridgehead atoms. The summed E-state index contributed by atoms with van der Waals surface area (Å²) in [4.78, 5) is 0. The van der Waals surface area contributed by atoms with Gasteiger partial charge in [-0.1, -0.05) is 64.7 Å². The van der Waals surface area contributed by atoms with Crippen LogP contribution in [0.3, 0.4) is 0 Å². The van der Waals surface area contributed by atoms with Crippen LogP contribution in [0.5, 0.6) is 0 Å². The SMILES string of the molecule is CCCCCCC(O)C1(C#N)CCCCCCC1. The predicted molar refractivity (Wildman–Crippen MR) is 75.1 cm³/mol. The number of hydrogen-bond donors (Lipinski definition) is 1. The maximum Gasteiger partial charge on any atom is 0.0832 e. The molecule has 0 aliphatic heterocycles. The van der Waals surface area contributed by atoms with Crippen LogP contribution in [-0.4, -0.2) is 11.2 Å². The minimum absolute atomic E-state index is 0.405. The molecule has 2 nitrogen and oxygen atoms in total. The van der Waals surface area contributed by atoms with Gasteiger partial charge in [-0.3, -0.25) is 0 Å². The van der Waals surface area contributed by atoms with Gasteiger partial charge in [-0.2, -0.15) is 5.26 Å². The van der Waals surface area contributed by atoms with Crippen molar-refractivity contribution < 1.29 is 5.11 Å². The van der Waals surface area contributed by atoms with E-state index in [-0.39, 0.29) is 0 Å². The molecule has 18 heavy (non-hydrogen) atoms. The van der Waals surface area contributed by atoms with Crippen LogP contribution >= 0.6 is 0 Å². The van der Waals surface area contributed by atoms with E-state index in [1.54, 1.807) is 0 Å². The number of aliphatic hydroxyl groups is 1. The molecule has 1 fully saturated rings. The molecule has 0 aromatic rings. The number of hydrogen-bond acceptors (Lipinski definition) is 2. The summed E-state index contributed by atoms with van der Waals surface area (Å²) in [6.45, 7) is 2.20. The van der Waals surface area contributed by atoms with Crippen molar-refractivity contribution >= 4 is 0 Å². The third-order valence-electron chi connectivity index (χ3n) is 4.44. The van der Waals surface area contributed by atoms with Crippen LogP contribution in [0.1, 0.15) is 84.0 Å². The average Bonchev–Trinajstić information content (AvgIpc) is 2.35. The highest BCUT2D eigenvalue weighted by atomic mass is 16.3. The number of rotatable bonds is 6. The second-order valence-electron chi connectivity index (χ2n) is 5.90. The Morgan fingerprint density at radius 2 is 1.67 bits per heavy atom. The normalized spacial score (nSPS) is 21.6. The molecule has 1 aliphatic carbocycles. The first-order chi connectivity index (χ1) is 8.75. The summed E-state index contributed by atoms with van der Waals surface area (Å²) in [7, 11) is 0. The van der Waals surface area contributed by atoms with Crippen molar-refractivity contribution in [3.63, 3.8) is 0 Å². The molecule has 0 radical (unpaired) electrons. The minimum atomic E-state index is -0.438. The maximum atomic E-state index is 10.4. The van der Waals surface area contributed by atoms with E-state index in [0.717, 1.165) is 38.5 Å². The molecule has 1 unspecified atom stereocenters. The van der Waals surface area contributed by atoms with Gasteiger partial charge in [-0.15, -0.1) is 0 Å². The Labute approximate surface area is 112 Å². The molecule has 2 heteroatoms. The number of aliphatic hydroxyl groups excluding tert-OH is 1. The Balaban J connectivity index is 2.47. The van der Waals surface area contributed by atoms with Crippen molar-refractivity contribution in [2.45, 2.75) is 90.1 Å². The fourth-order valence-electron chi connectivity index (χ4n) is 3.10. The Bertz CT molecular complexity index is 248. The number of nitrogens with zero attached hydrogens (tertiary/aromatic N) is 1. The van der Waals surface area contributed by atoms with E-state index in [9.17, 15) is 10.4 Å². The largest absolute Gasteiger partial charge is 0.391 e. The molecule has 0 aromatic carbocycles. The fraction of sp³-hybridized carbons (Fsp3) is 0.938. The van der Waals surface area contributed by atoms with Gasteiger partial charge in [0.1, 0.15) is 0 Å². The van der Waals surface area contributed by atoms with E-state index in [1.807, 2.05) is 0 Å². The van der Waals surface area contributed by atoms with Gasteiger partial charge in [-0.05, 0) is 19.3 Å². The average molecular weight is 251 g/mol.